The predicted octanol–water partition coefficient (Wildman–Crippen LogP) is 5.16. The Balaban J connectivity index is 0.815. The number of carboxylic acids is 1. The van der Waals surface area contributed by atoms with Crippen molar-refractivity contribution in [1.82, 2.24) is 51.1 Å². The lowest BCUT2D eigenvalue weighted by Gasteiger charge is -2.25. The molecule has 0 aliphatic carbocycles. The van der Waals surface area contributed by atoms with Crippen LogP contribution in [0.2, 0.25) is 0 Å². The van der Waals surface area contributed by atoms with Crippen molar-refractivity contribution in [2.45, 2.75) is 65.3 Å². The van der Waals surface area contributed by atoms with Gasteiger partial charge in [-0.25, -0.2) is 24.4 Å². The number of carboxylic acid groups (broad SMARTS) is 1. The first-order valence-corrected chi connectivity index (χ1v) is 29.7. The second-order valence-electron chi connectivity index (χ2n) is 20.5. The number of nitrogens with two attached hydrogens (primary N) is 1. The van der Waals surface area contributed by atoms with Gasteiger partial charge in [0.15, 0.2) is 0 Å². The number of urea groups is 1. The van der Waals surface area contributed by atoms with Gasteiger partial charge in [0.25, 0.3) is 11.8 Å². The normalized spacial score (nSPS) is 12.6. The number of ether oxygens (including phenoxy) is 6. The Morgan fingerprint density at radius 1 is 0.744 bits per heavy atom. The molecule has 2 atom stereocenters. The van der Waals surface area contributed by atoms with Crippen LogP contribution in [0.5, 0.6) is 5.75 Å². The van der Waals surface area contributed by atoms with Crippen molar-refractivity contribution in [2.75, 3.05) is 89.7 Å². The van der Waals surface area contributed by atoms with Gasteiger partial charge in [-0.15, -0.1) is 0 Å². The first-order chi connectivity index (χ1) is 43.4. The number of imide groups is 1. The molecule has 1 unspecified atom stereocenters. The van der Waals surface area contributed by atoms with Crippen LogP contribution in [0.25, 0.3) is 33.8 Å². The van der Waals surface area contributed by atoms with E-state index >= 15 is 0 Å². The van der Waals surface area contributed by atoms with Crippen LogP contribution in [-0.4, -0.2) is 174 Å². The molecule has 28 nitrogen and oxygen atoms in total. The minimum atomic E-state index is -1.08. The standard InChI is InChI=1S/C61H72BrN13O15/c1-37(2)54(74-50(76)20-24-85-27-29-87-31-32-88-30-28-86-26-23-75-51(77)18-19-52(75)78)58(80)71-47(11-6-21-64-60(63)83)57(79)69-40-14-12-39(13-15-40)36-90-61(84)65-22-25-89-41-33-48-43(66-34-41)16-17-46(70-48)56-55(45-10-4-7-38(3)68-45)72-49(73-56)35-67-44-9-5-8-42(53(44)62)59(81)82/h4-5,7-10,12-19,33-34,37,47,54,67H,6,11,20-32,35-36H2,1-3H3,(H,65,84)(H,69,79)(H,71,80)(H,72,73)(H,74,76)(H,81,82)(H3,63,64,83)/t47?,54-/m0/s1. The van der Waals surface area contributed by atoms with E-state index < -0.39 is 47.9 Å². The Morgan fingerprint density at radius 3 is 2.13 bits per heavy atom. The van der Waals surface area contributed by atoms with E-state index in [1.54, 1.807) is 62.5 Å². The van der Waals surface area contributed by atoms with Crippen LogP contribution in [0.15, 0.2) is 102 Å². The van der Waals surface area contributed by atoms with Crippen LogP contribution in [-0.2, 0) is 60.8 Å². The number of carbonyl (C=O) groups is 8. The molecule has 6 aromatic rings. The second kappa shape index (κ2) is 34.9. The lowest BCUT2D eigenvalue weighted by Crippen LogP contribution is -2.54. The number of aromatic amines is 1. The van der Waals surface area contributed by atoms with Crippen LogP contribution in [0.4, 0.5) is 21.0 Å². The number of anilines is 2. The number of primary amides is 1. The Bertz CT molecular complexity index is 3480. The van der Waals surface area contributed by atoms with Crippen molar-refractivity contribution in [3.63, 3.8) is 0 Å². The van der Waals surface area contributed by atoms with Crippen molar-refractivity contribution < 1.29 is 71.9 Å². The summed E-state index contributed by atoms with van der Waals surface area (Å²) in [5, 5.41) is 26.2. The van der Waals surface area contributed by atoms with Crippen LogP contribution < -0.4 is 42.4 Å². The zero-order valence-electron chi connectivity index (χ0n) is 49.8. The average Bonchev–Trinajstić information content (AvgIpc) is 1.80. The van der Waals surface area contributed by atoms with Gasteiger partial charge in [0, 0.05) is 48.3 Å². The molecule has 2 aromatic carbocycles. The summed E-state index contributed by atoms with van der Waals surface area (Å²) in [6.07, 6.45) is 3.63. The van der Waals surface area contributed by atoms with Gasteiger partial charge in [-0.1, -0.05) is 38.1 Å². The van der Waals surface area contributed by atoms with E-state index in [2.05, 4.69) is 57.8 Å². The number of pyridine rings is 3. The van der Waals surface area contributed by atoms with E-state index in [1.807, 2.05) is 37.3 Å². The third-order valence-corrected chi connectivity index (χ3v) is 14.2. The summed E-state index contributed by atoms with van der Waals surface area (Å²) >= 11 is 3.39. The predicted molar refractivity (Wildman–Crippen MR) is 332 cm³/mol. The summed E-state index contributed by atoms with van der Waals surface area (Å²) in [5.74, 6) is -2.79. The first-order valence-electron chi connectivity index (χ1n) is 28.9. The Labute approximate surface area is 526 Å². The van der Waals surface area contributed by atoms with E-state index in [9.17, 15) is 43.5 Å². The van der Waals surface area contributed by atoms with E-state index in [0.717, 1.165) is 10.6 Å². The summed E-state index contributed by atoms with van der Waals surface area (Å²) in [5.41, 5.74) is 11.2. The highest BCUT2D eigenvalue weighted by Gasteiger charge is 2.29. The fourth-order valence-corrected chi connectivity index (χ4v) is 9.34. The number of nitrogens with one attached hydrogen (secondary N) is 7. The smallest absolute Gasteiger partial charge is 0.407 e. The molecule has 478 valence electrons. The van der Waals surface area contributed by atoms with Gasteiger partial charge < -0.3 is 76.1 Å². The van der Waals surface area contributed by atoms with Gasteiger partial charge in [0.2, 0.25) is 17.7 Å². The second-order valence-corrected chi connectivity index (χ2v) is 21.3. The van der Waals surface area contributed by atoms with Gasteiger partial charge in [0.1, 0.15) is 42.6 Å². The van der Waals surface area contributed by atoms with E-state index in [1.165, 1.54) is 18.2 Å². The van der Waals surface area contributed by atoms with Crippen LogP contribution in [0.3, 0.4) is 0 Å². The minimum absolute atomic E-state index is 0.0454. The maximum Gasteiger partial charge on any atom is 0.407 e. The number of alkyl carbamates (subject to hydrolysis) is 1. The molecule has 8 amide bonds. The molecule has 1 aliphatic rings. The zero-order valence-corrected chi connectivity index (χ0v) is 51.4. The maximum absolute atomic E-state index is 13.7. The first kappa shape index (κ1) is 68.1. The highest BCUT2D eigenvalue weighted by Crippen LogP contribution is 2.32. The van der Waals surface area contributed by atoms with E-state index in [0.29, 0.717) is 86.6 Å². The summed E-state index contributed by atoms with van der Waals surface area (Å²) in [6, 6.07) is 19.6. The van der Waals surface area contributed by atoms with Gasteiger partial charge in [-0.3, -0.25) is 38.8 Å². The number of rotatable bonds is 37. The molecule has 10 N–H and O–H groups in total. The fourth-order valence-electron chi connectivity index (χ4n) is 8.77. The molecule has 4 aromatic heterocycles. The summed E-state index contributed by atoms with van der Waals surface area (Å²) in [4.78, 5) is 123. The maximum atomic E-state index is 13.7. The lowest BCUT2D eigenvalue weighted by molar-refractivity contribution is -0.137. The largest absolute Gasteiger partial charge is 0.490 e. The Kier molecular flexibility index (Phi) is 26.4. The number of fused-ring (bicyclic) bond motifs is 1. The summed E-state index contributed by atoms with van der Waals surface area (Å²) in [7, 11) is 0. The fraction of sp³-hybridized carbons (Fsp3) is 0.377. The molecule has 5 heterocycles. The number of aromatic carboxylic acids is 1. The summed E-state index contributed by atoms with van der Waals surface area (Å²) < 4.78 is 33.6. The number of amides is 8. The van der Waals surface area contributed by atoms with Crippen molar-refractivity contribution in [3.05, 3.63) is 124 Å². The number of imidazole rings is 1. The number of H-pyrrole nitrogens is 1. The van der Waals surface area contributed by atoms with Gasteiger partial charge in [-0.2, -0.15) is 0 Å². The number of hydrogen-bond acceptors (Lipinski definition) is 19. The highest BCUT2D eigenvalue weighted by atomic mass is 79.9. The van der Waals surface area contributed by atoms with Crippen molar-refractivity contribution in [2.24, 2.45) is 11.7 Å². The minimum Gasteiger partial charge on any atom is -0.490 e. The van der Waals surface area contributed by atoms with Gasteiger partial charge >= 0.3 is 18.1 Å². The van der Waals surface area contributed by atoms with Gasteiger partial charge in [-0.05, 0) is 95.7 Å². The monoisotopic (exact) mass is 1310 g/mol. The molecule has 90 heavy (non-hydrogen) atoms. The van der Waals surface area contributed by atoms with E-state index in [4.69, 9.17) is 49.1 Å². The molecule has 0 saturated heterocycles. The van der Waals surface area contributed by atoms with Crippen LogP contribution in [0, 0.1) is 12.8 Å². The highest BCUT2D eigenvalue weighted by molar-refractivity contribution is 9.10. The van der Waals surface area contributed by atoms with Crippen LogP contribution >= 0.6 is 15.9 Å². The number of hydrogen-bond donors (Lipinski definition) is 9. The quantitative estimate of drug-likeness (QED) is 0.0179. The Morgan fingerprint density at radius 2 is 1.44 bits per heavy atom. The third-order valence-electron chi connectivity index (χ3n) is 13.4. The zero-order chi connectivity index (χ0) is 64.4. The van der Waals surface area contributed by atoms with Crippen molar-refractivity contribution >= 4 is 86.0 Å². The number of carbonyl (C=O) groups excluding carboxylic acids is 7. The topological polar surface area (TPSA) is 381 Å². The molecule has 7 rings (SSSR count). The number of nitrogens with zero attached hydrogens (tertiary/aromatic N) is 5. The number of aromatic nitrogens is 5. The molecule has 0 spiro atoms. The molecule has 0 fully saturated rings. The molecule has 1 aliphatic heterocycles. The van der Waals surface area contributed by atoms with Crippen molar-refractivity contribution in [1.29, 1.82) is 0 Å². The number of benzene rings is 2. The molecule has 29 heteroatoms. The van der Waals surface area contributed by atoms with Crippen LogP contribution in [0.1, 0.15) is 60.5 Å². The SMILES string of the molecule is Cc1cccc(-c2nc(CNc3cccc(C(=O)O)c3Br)[nH]c2-c2ccc3ncc(OCCNC(=O)OCc4ccc(NC(=O)C(CCCNC(N)=O)NC(=O)[C@@H](NC(=O)CCOCCOCCOCCOCCN5C(=O)C=CC5=O)C(C)C)cc4)cc3n2)n1. The lowest BCUT2D eigenvalue weighted by atomic mass is 10.0. The molecular weight excluding hydrogens is 1230 g/mol. The van der Waals surface area contributed by atoms with Crippen molar-refractivity contribution in [3.8, 4) is 28.5 Å². The molecule has 0 saturated carbocycles. The Hall–Kier alpha value is -9.42. The van der Waals surface area contributed by atoms with E-state index in [-0.39, 0.29) is 115 Å². The number of halogens is 1. The summed E-state index contributed by atoms with van der Waals surface area (Å²) in [6.45, 7) is 7.89. The number of aryl methyl sites for hydroxylation is 1. The molecule has 0 radical (unpaired) electrons. The average molecular weight is 1310 g/mol. The molecule has 0 bridgehead atoms. The third kappa shape index (κ3) is 21.4. The molecular formula is C61H72BrN13O15. The van der Waals surface area contributed by atoms with Gasteiger partial charge in [0.05, 0.1) is 117 Å².